The van der Waals surface area contributed by atoms with Crippen LogP contribution in [0.1, 0.15) is 30.0 Å². The number of halogens is 1. The Kier molecular flexibility index (Phi) is 6.52. The van der Waals surface area contributed by atoms with Gasteiger partial charge in [0.25, 0.3) is 0 Å². The van der Waals surface area contributed by atoms with Gasteiger partial charge in [-0.1, -0.05) is 23.7 Å². The van der Waals surface area contributed by atoms with Crippen molar-refractivity contribution in [3.8, 4) is 0 Å². The molecule has 1 amide bonds. The van der Waals surface area contributed by atoms with Crippen molar-refractivity contribution in [2.24, 2.45) is 0 Å². The molecule has 1 atom stereocenters. The van der Waals surface area contributed by atoms with Crippen LogP contribution in [0.3, 0.4) is 0 Å². The van der Waals surface area contributed by atoms with Crippen LogP contribution in [0.15, 0.2) is 30.5 Å². The molecule has 1 unspecified atom stereocenters. The number of amides is 1. The van der Waals surface area contributed by atoms with E-state index in [1.165, 1.54) is 34.5 Å². The van der Waals surface area contributed by atoms with Crippen molar-refractivity contribution in [3.63, 3.8) is 0 Å². The highest BCUT2D eigenvalue weighted by atomic mass is 35.5. The Morgan fingerprint density at radius 3 is 2.71 bits per heavy atom. The summed E-state index contributed by atoms with van der Waals surface area (Å²) in [5, 5.41) is 8.33. The van der Waals surface area contributed by atoms with Gasteiger partial charge in [0.1, 0.15) is 0 Å². The lowest BCUT2D eigenvalue weighted by molar-refractivity contribution is 0.134. The van der Waals surface area contributed by atoms with Crippen LogP contribution in [-0.4, -0.2) is 73.0 Å². The van der Waals surface area contributed by atoms with E-state index in [1.54, 1.807) is 4.90 Å². The normalized spacial score (nSPS) is 20.2. The van der Waals surface area contributed by atoms with Crippen LogP contribution in [0, 0.1) is 0 Å². The summed E-state index contributed by atoms with van der Waals surface area (Å²) >= 11 is 6.42. The molecule has 1 aromatic heterocycles. The van der Waals surface area contributed by atoms with Crippen LogP contribution in [0.2, 0.25) is 5.02 Å². The fourth-order valence-corrected chi connectivity index (χ4v) is 4.82. The summed E-state index contributed by atoms with van der Waals surface area (Å²) in [5.41, 5.74) is 2.39. The number of benzene rings is 1. The highest BCUT2D eigenvalue weighted by molar-refractivity contribution is 7.92. The predicted octanol–water partition coefficient (Wildman–Crippen LogP) is 2.12. The molecule has 2 aliphatic rings. The van der Waals surface area contributed by atoms with Gasteiger partial charge in [-0.25, -0.2) is 13.2 Å². The SMILES string of the molecule is CS(=O)(=O)Nc1ccn(C(=O)N2CCN(Cc3ccc(Cl)c(C4CCCN4)c3)CC2)n1. The smallest absolute Gasteiger partial charge is 0.320 e. The van der Waals surface area contributed by atoms with Crippen LogP contribution in [0.5, 0.6) is 0 Å². The third-order valence-corrected chi connectivity index (χ3v) is 6.54. The molecule has 0 radical (unpaired) electrons. The number of nitrogens with zero attached hydrogens (tertiary/aromatic N) is 4. The number of sulfonamides is 1. The fourth-order valence-electron chi connectivity index (χ4n) is 4.08. The Balaban J connectivity index is 1.33. The van der Waals surface area contributed by atoms with Gasteiger partial charge >= 0.3 is 6.03 Å². The number of nitrogens with one attached hydrogen (secondary N) is 2. The van der Waals surface area contributed by atoms with E-state index in [0.29, 0.717) is 19.1 Å². The van der Waals surface area contributed by atoms with E-state index < -0.39 is 10.0 Å². The first-order chi connectivity index (χ1) is 14.8. The third-order valence-electron chi connectivity index (χ3n) is 5.62. The summed E-state index contributed by atoms with van der Waals surface area (Å²) in [6.45, 7) is 4.50. The van der Waals surface area contributed by atoms with Crippen LogP contribution in [-0.2, 0) is 16.6 Å². The van der Waals surface area contributed by atoms with Crippen molar-refractivity contribution in [2.75, 3.05) is 43.7 Å². The molecule has 2 aromatic rings. The highest BCUT2D eigenvalue weighted by Crippen LogP contribution is 2.30. The second kappa shape index (κ2) is 9.15. The topological polar surface area (TPSA) is 99.6 Å². The number of carbonyl (C=O) groups excluding carboxylic acids is 1. The van der Waals surface area contributed by atoms with Gasteiger partial charge in [-0.3, -0.25) is 9.62 Å². The van der Waals surface area contributed by atoms with E-state index in [1.807, 2.05) is 6.07 Å². The van der Waals surface area contributed by atoms with Gasteiger partial charge in [0.2, 0.25) is 10.0 Å². The molecule has 3 heterocycles. The maximum atomic E-state index is 12.7. The Morgan fingerprint density at radius 1 is 1.26 bits per heavy atom. The molecule has 2 fully saturated rings. The molecule has 0 spiro atoms. The van der Waals surface area contributed by atoms with Gasteiger partial charge in [-0.15, -0.1) is 5.10 Å². The van der Waals surface area contributed by atoms with Gasteiger partial charge < -0.3 is 10.2 Å². The van der Waals surface area contributed by atoms with Crippen LogP contribution >= 0.6 is 11.6 Å². The first-order valence-electron chi connectivity index (χ1n) is 10.4. The molecular weight excluding hydrogens is 440 g/mol. The fraction of sp³-hybridized carbons (Fsp3) is 0.500. The summed E-state index contributed by atoms with van der Waals surface area (Å²) in [4.78, 5) is 16.7. The van der Waals surface area contributed by atoms with Crippen molar-refractivity contribution < 1.29 is 13.2 Å². The van der Waals surface area contributed by atoms with Gasteiger partial charge in [0.15, 0.2) is 5.82 Å². The molecule has 0 saturated carbocycles. The number of carbonyl (C=O) groups is 1. The molecule has 2 aliphatic heterocycles. The number of hydrogen-bond acceptors (Lipinski definition) is 6. The van der Waals surface area contributed by atoms with E-state index in [0.717, 1.165) is 43.9 Å². The van der Waals surface area contributed by atoms with E-state index in [-0.39, 0.29) is 11.8 Å². The van der Waals surface area contributed by atoms with Crippen LogP contribution < -0.4 is 10.0 Å². The monoisotopic (exact) mass is 466 g/mol. The Bertz CT molecular complexity index is 1040. The zero-order chi connectivity index (χ0) is 22.0. The van der Waals surface area contributed by atoms with E-state index in [4.69, 9.17) is 11.6 Å². The van der Waals surface area contributed by atoms with Gasteiger partial charge in [0, 0.05) is 56.1 Å². The Labute approximate surface area is 187 Å². The second-order valence-electron chi connectivity index (χ2n) is 8.07. The summed E-state index contributed by atoms with van der Waals surface area (Å²) in [7, 11) is -3.43. The third kappa shape index (κ3) is 5.57. The van der Waals surface area contributed by atoms with Crippen LogP contribution in [0.4, 0.5) is 10.6 Å². The highest BCUT2D eigenvalue weighted by Gasteiger charge is 2.24. The van der Waals surface area contributed by atoms with Crippen molar-refractivity contribution in [3.05, 3.63) is 46.6 Å². The summed E-state index contributed by atoms with van der Waals surface area (Å²) in [6.07, 6.45) is 4.79. The molecule has 0 aliphatic carbocycles. The minimum absolute atomic E-state index is 0.129. The number of aromatic nitrogens is 2. The molecular formula is C20H27ClN6O3S. The molecule has 0 bridgehead atoms. The second-order valence-corrected chi connectivity index (χ2v) is 10.2. The number of hydrogen-bond donors (Lipinski definition) is 2. The average Bonchev–Trinajstić information content (AvgIpc) is 3.40. The van der Waals surface area contributed by atoms with E-state index >= 15 is 0 Å². The summed E-state index contributed by atoms with van der Waals surface area (Å²) in [5.74, 6) is 0.129. The molecule has 2 saturated heterocycles. The first-order valence-corrected chi connectivity index (χ1v) is 12.6. The molecule has 9 nitrogen and oxygen atoms in total. The molecule has 168 valence electrons. The largest absolute Gasteiger partial charge is 0.344 e. The van der Waals surface area contributed by atoms with Gasteiger partial charge in [-0.05, 0) is 36.6 Å². The molecule has 1 aromatic carbocycles. The van der Waals surface area contributed by atoms with E-state index in [9.17, 15) is 13.2 Å². The van der Waals surface area contributed by atoms with Crippen LogP contribution in [0.25, 0.3) is 0 Å². The van der Waals surface area contributed by atoms with E-state index in [2.05, 4.69) is 32.2 Å². The average molecular weight is 467 g/mol. The minimum Gasteiger partial charge on any atom is -0.320 e. The van der Waals surface area contributed by atoms with Crippen molar-refractivity contribution >= 4 is 33.5 Å². The van der Waals surface area contributed by atoms with Crippen molar-refractivity contribution in [1.29, 1.82) is 0 Å². The number of rotatable bonds is 5. The summed E-state index contributed by atoms with van der Waals surface area (Å²) in [6, 6.07) is 7.78. The van der Waals surface area contributed by atoms with Crippen molar-refractivity contribution in [2.45, 2.75) is 25.4 Å². The Morgan fingerprint density at radius 2 is 2.03 bits per heavy atom. The van der Waals surface area contributed by atoms with Gasteiger partial charge in [0.05, 0.1) is 6.26 Å². The Hall–Kier alpha value is -2.14. The summed E-state index contributed by atoms with van der Waals surface area (Å²) < 4.78 is 26.1. The number of anilines is 1. The molecule has 4 rings (SSSR count). The number of piperazine rings is 1. The maximum absolute atomic E-state index is 12.7. The van der Waals surface area contributed by atoms with Gasteiger partial charge in [-0.2, -0.15) is 4.68 Å². The lowest BCUT2D eigenvalue weighted by Crippen LogP contribution is -2.49. The molecule has 11 heteroatoms. The predicted molar refractivity (Wildman–Crippen MR) is 120 cm³/mol. The van der Waals surface area contributed by atoms with Crippen molar-refractivity contribution in [1.82, 2.24) is 24.9 Å². The lowest BCUT2D eigenvalue weighted by Gasteiger charge is -2.34. The molecule has 31 heavy (non-hydrogen) atoms. The minimum atomic E-state index is -3.43. The zero-order valence-corrected chi connectivity index (χ0v) is 19.0. The standard InChI is InChI=1S/C20H27ClN6O3S/c1-31(29,30)24-19-6-8-27(23-19)20(28)26-11-9-25(10-12-26)14-15-4-5-17(21)16(13-15)18-3-2-7-22-18/h4-6,8,13,18,22H,2-3,7,9-12,14H2,1H3,(H,23,24). The first kappa shape index (κ1) is 22.1. The quantitative estimate of drug-likeness (QED) is 0.700. The zero-order valence-electron chi connectivity index (χ0n) is 17.4. The molecule has 2 N–H and O–H groups in total. The lowest BCUT2D eigenvalue weighted by atomic mass is 10.0. The maximum Gasteiger partial charge on any atom is 0.344 e.